The molecule has 20 heavy (non-hydrogen) atoms. The van der Waals surface area contributed by atoms with Gasteiger partial charge < -0.3 is 15.4 Å². The summed E-state index contributed by atoms with van der Waals surface area (Å²) in [6, 6.07) is 15.0. The molecule has 2 aromatic rings. The number of hydrogen-bond donors (Lipinski definition) is 2. The first-order chi connectivity index (χ1) is 9.63. The molecule has 2 aromatic carbocycles. The summed E-state index contributed by atoms with van der Waals surface area (Å²) in [7, 11) is 0. The van der Waals surface area contributed by atoms with E-state index in [-0.39, 0.29) is 12.8 Å². The molecule has 4 heteroatoms. The second-order valence-electron chi connectivity index (χ2n) is 4.60. The van der Waals surface area contributed by atoms with Crippen LogP contribution in [0.15, 0.2) is 48.5 Å². The zero-order valence-electron chi connectivity index (χ0n) is 11.6. The van der Waals surface area contributed by atoms with E-state index >= 15 is 0 Å². The highest BCUT2D eigenvalue weighted by Gasteiger charge is 2.01. The lowest BCUT2D eigenvalue weighted by molar-refractivity contribution is 0.234. The van der Waals surface area contributed by atoms with E-state index in [1.807, 2.05) is 62.4 Å². The molecule has 0 heterocycles. The quantitative estimate of drug-likeness (QED) is 0.836. The summed E-state index contributed by atoms with van der Waals surface area (Å²) in [5.41, 5.74) is 3.07. The van der Waals surface area contributed by atoms with Crippen LogP contribution in [0.4, 0.5) is 10.5 Å². The molecule has 2 N–H and O–H groups in total. The average Bonchev–Trinajstić information content (AvgIpc) is 2.44. The van der Waals surface area contributed by atoms with E-state index in [2.05, 4.69) is 10.6 Å². The standard InChI is InChI=1S/C16H18N2O2/c1-12-3-7-14(8-4-12)18-16(19)17-11-20-15-9-5-13(2)6-10-15/h3-10H,11H2,1-2H3,(H2,17,18,19). The van der Waals surface area contributed by atoms with Crippen molar-refractivity contribution >= 4 is 11.7 Å². The molecule has 2 rings (SSSR count). The van der Waals surface area contributed by atoms with E-state index in [9.17, 15) is 4.79 Å². The number of carbonyl (C=O) groups excluding carboxylic acids is 1. The third-order valence-electron chi connectivity index (χ3n) is 2.80. The zero-order chi connectivity index (χ0) is 14.4. The molecule has 0 aliphatic heterocycles. The maximum Gasteiger partial charge on any atom is 0.321 e. The average molecular weight is 270 g/mol. The van der Waals surface area contributed by atoms with Crippen molar-refractivity contribution in [1.29, 1.82) is 0 Å². The predicted molar refractivity (Wildman–Crippen MR) is 80.0 cm³/mol. The van der Waals surface area contributed by atoms with Gasteiger partial charge in [0.05, 0.1) is 0 Å². The number of amides is 2. The molecule has 0 atom stereocenters. The minimum atomic E-state index is -0.291. The van der Waals surface area contributed by atoms with Crippen LogP contribution >= 0.6 is 0 Å². The summed E-state index contributed by atoms with van der Waals surface area (Å²) >= 11 is 0. The van der Waals surface area contributed by atoms with Crippen LogP contribution < -0.4 is 15.4 Å². The molecular formula is C16H18N2O2. The van der Waals surface area contributed by atoms with Crippen LogP contribution in [0.1, 0.15) is 11.1 Å². The van der Waals surface area contributed by atoms with Gasteiger partial charge in [-0.15, -0.1) is 0 Å². The fraction of sp³-hybridized carbons (Fsp3) is 0.188. The molecule has 104 valence electrons. The van der Waals surface area contributed by atoms with Gasteiger partial charge in [0, 0.05) is 5.69 Å². The SMILES string of the molecule is Cc1ccc(NC(=O)NCOc2ccc(C)cc2)cc1. The van der Waals surface area contributed by atoms with Crippen molar-refractivity contribution in [3.63, 3.8) is 0 Å². The van der Waals surface area contributed by atoms with E-state index in [0.29, 0.717) is 0 Å². The molecule has 0 radical (unpaired) electrons. The third kappa shape index (κ3) is 4.31. The van der Waals surface area contributed by atoms with E-state index in [0.717, 1.165) is 17.0 Å². The predicted octanol–water partition coefficient (Wildman–Crippen LogP) is 3.46. The Balaban J connectivity index is 1.75. The lowest BCUT2D eigenvalue weighted by Crippen LogP contribution is -2.31. The van der Waals surface area contributed by atoms with E-state index in [1.165, 1.54) is 5.56 Å². The normalized spacial score (nSPS) is 9.90. The van der Waals surface area contributed by atoms with Crippen molar-refractivity contribution in [3.05, 3.63) is 59.7 Å². The Kier molecular flexibility index (Phi) is 4.60. The van der Waals surface area contributed by atoms with Crippen molar-refractivity contribution in [2.75, 3.05) is 12.0 Å². The number of rotatable bonds is 4. The van der Waals surface area contributed by atoms with Crippen molar-refractivity contribution in [2.45, 2.75) is 13.8 Å². The summed E-state index contributed by atoms with van der Waals surface area (Å²) < 4.78 is 5.42. The molecule has 2 amide bonds. The molecule has 0 aliphatic rings. The number of nitrogens with one attached hydrogen (secondary N) is 2. The number of carbonyl (C=O) groups is 1. The molecule has 4 nitrogen and oxygen atoms in total. The van der Waals surface area contributed by atoms with Gasteiger partial charge in [-0.05, 0) is 38.1 Å². The molecule has 0 aromatic heterocycles. The van der Waals surface area contributed by atoms with Crippen LogP contribution in [0.2, 0.25) is 0 Å². The van der Waals surface area contributed by atoms with Gasteiger partial charge in [-0.1, -0.05) is 35.4 Å². The summed E-state index contributed by atoms with van der Waals surface area (Å²) in [6.07, 6.45) is 0. The summed E-state index contributed by atoms with van der Waals surface area (Å²) in [4.78, 5) is 11.6. The van der Waals surface area contributed by atoms with Crippen molar-refractivity contribution in [3.8, 4) is 5.75 Å². The van der Waals surface area contributed by atoms with Crippen molar-refractivity contribution in [1.82, 2.24) is 5.32 Å². The van der Waals surface area contributed by atoms with Gasteiger partial charge in [0.1, 0.15) is 5.75 Å². The highest BCUT2D eigenvalue weighted by molar-refractivity contribution is 5.89. The summed E-state index contributed by atoms with van der Waals surface area (Å²) in [6.45, 7) is 4.14. The summed E-state index contributed by atoms with van der Waals surface area (Å²) in [5, 5.41) is 5.37. The second kappa shape index (κ2) is 6.61. The topological polar surface area (TPSA) is 50.4 Å². The minimum absolute atomic E-state index is 0.126. The van der Waals surface area contributed by atoms with Crippen LogP contribution in [-0.2, 0) is 0 Å². The first kappa shape index (κ1) is 13.9. The van der Waals surface area contributed by atoms with Crippen LogP contribution in [0.3, 0.4) is 0 Å². The monoisotopic (exact) mass is 270 g/mol. The van der Waals surface area contributed by atoms with Crippen LogP contribution in [0, 0.1) is 13.8 Å². The van der Waals surface area contributed by atoms with Gasteiger partial charge in [-0.2, -0.15) is 0 Å². The molecule has 0 saturated heterocycles. The Labute approximate surface area is 118 Å². The van der Waals surface area contributed by atoms with Gasteiger partial charge >= 0.3 is 6.03 Å². The highest BCUT2D eigenvalue weighted by Crippen LogP contribution is 2.11. The molecule has 0 fully saturated rings. The first-order valence-electron chi connectivity index (χ1n) is 6.44. The number of hydrogen-bond acceptors (Lipinski definition) is 2. The van der Waals surface area contributed by atoms with Crippen molar-refractivity contribution < 1.29 is 9.53 Å². The number of urea groups is 1. The largest absolute Gasteiger partial charge is 0.473 e. The minimum Gasteiger partial charge on any atom is -0.473 e. The van der Waals surface area contributed by atoms with Crippen LogP contribution in [0.5, 0.6) is 5.75 Å². The fourth-order valence-corrected chi connectivity index (χ4v) is 1.63. The lowest BCUT2D eigenvalue weighted by Gasteiger charge is -2.09. The Morgan fingerprint density at radius 2 is 1.50 bits per heavy atom. The van der Waals surface area contributed by atoms with Gasteiger partial charge in [0.25, 0.3) is 0 Å². The van der Waals surface area contributed by atoms with Crippen LogP contribution in [-0.4, -0.2) is 12.8 Å². The number of benzene rings is 2. The Bertz CT molecular complexity index is 562. The Hall–Kier alpha value is -2.49. The maximum atomic E-state index is 11.6. The zero-order valence-corrected chi connectivity index (χ0v) is 11.6. The first-order valence-corrected chi connectivity index (χ1v) is 6.44. The maximum absolute atomic E-state index is 11.6. The van der Waals surface area contributed by atoms with Gasteiger partial charge in [-0.3, -0.25) is 0 Å². The van der Waals surface area contributed by atoms with E-state index in [1.54, 1.807) is 0 Å². The number of anilines is 1. The number of aryl methyl sites for hydroxylation is 2. The molecular weight excluding hydrogens is 252 g/mol. The number of ether oxygens (including phenoxy) is 1. The van der Waals surface area contributed by atoms with Gasteiger partial charge in [-0.25, -0.2) is 4.79 Å². The third-order valence-corrected chi connectivity index (χ3v) is 2.80. The molecule has 0 bridgehead atoms. The van der Waals surface area contributed by atoms with E-state index < -0.39 is 0 Å². The van der Waals surface area contributed by atoms with E-state index in [4.69, 9.17) is 4.74 Å². The van der Waals surface area contributed by atoms with Crippen molar-refractivity contribution in [2.24, 2.45) is 0 Å². The lowest BCUT2D eigenvalue weighted by atomic mass is 10.2. The molecule has 0 saturated carbocycles. The smallest absolute Gasteiger partial charge is 0.321 e. The highest BCUT2D eigenvalue weighted by atomic mass is 16.5. The Morgan fingerprint density at radius 1 is 0.950 bits per heavy atom. The molecule has 0 unspecified atom stereocenters. The summed E-state index contributed by atoms with van der Waals surface area (Å²) in [5.74, 6) is 0.728. The van der Waals surface area contributed by atoms with Crippen LogP contribution in [0.25, 0.3) is 0 Å². The Morgan fingerprint density at radius 3 is 2.10 bits per heavy atom. The molecule has 0 aliphatic carbocycles. The van der Waals surface area contributed by atoms with Gasteiger partial charge in [0.15, 0.2) is 6.73 Å². The van der Waals surface area contributed by atoms with Gasteiger partial charge in [0.2, 0.25) is 0 Å². The fourth-order valence-electron chi connectivity index (χ4n) is 1.63. The molecule has 0 spiro atoms. The second-order valence-corrected chi connectivity index (χ2v) is 4.60.